The van der Waals surface area contributed by atoms with E-state index in [1.807, 2.05) is 58.0 Å². The number of nitrogens with zero attached hydrogens (tertiary/aromatic N) is 3. The van der Waals surface area contributed by atoms with Gasteiger partial charge in [-0.15, -0.1) is 0 Å². The van der Waals surface area contributed by atoms with Crippen molar-refractivity contribution in [1.82, 2.24) is 0 Å². The first kappa shape index (κ1) is 29.8. The van der Waals surface area contributed by atoms with Crippen LogP contribution in [0.2, 0.25) is 0 Å². The molecule has 7 nitrogen and oxygen atoms in total. The predicted octanol–water partition coefficient (Wildman–Crippen LogP) is 7.45. The van der Waals surface area contributed by atoms with Crippen LogP contribution in [0.1, 0.15) is 51.7 Å². The fourth-order valence-electron chi connectivity index (χ4n) is 7.29. The van der Waals surface area contributed by atoms with Crippen molar-refractivity contribution in [2.75, 3.05) is 18.0 Å². The molecule has 7 heteroatoms. The third kappa shape index (κ3) is 4.97. The summed E-state index contributed by atoms with van der Waals surface area (Å²) >= 11 is 0. The van der Waals surface area contributed by atoms with Crippen molar-refractivity contribution in [1.29, 1.82) is 5.26 Å². The third-order valence-corrected chi connectivity index (χ3v) is 9.32. The van der Waals surface area contributed by atoms with Crippen LogP contribution in [-0.2, 0) is 20.4 Å². The molecule has 0 saturated carbocycles. The molecule has 0 unspecified atom stereocenters. The van der Waals surface area contributed by atoms with E-state index >= 15 is 0 Å². The van der Waals surface area contributed by atoms with Gasteiger partial charge in [-0.1, -0.05) is 68.4 Å². The van der Waals surface area contributed by atoms with Gasteiger partial charge < -0.3 is 15.1 Å². The molecule has 6 rings (SSSR count). The lowest BCUT2D eigenvalue weighted by atomic mass is 9.78. The van der Waals surface area contributed by atoms with E-state index in [1.165, 1.54) is 0 Å². The number of allylic oxidation sites excluding steroid dienone is 4. The molecular weight excluding hydrogens is 562 g/mol. The largest absolute Gasteiger partial charge is 0.481 e. The summed E-state index contributed by atoms with van der Waals surface area (Å²) in [6.07, 6.45) is 3.66. The van der Waals surface area contributed by atoms with Crippen molar-refractivity contribution in [3.05, 3.63) is 107 Å². The Morgan fingerprint density at radius 3 is 2.04 bits per heavy atom. The molecule has 2 N–H and O–H groups in total. The van der Waals surface area contributed by atoms with E-state index < -0.39 is 22.8 Å². The van der Waals surface area contributed by atoms with Crippen molar-refractivity contribution >= 4 is 50.6 Å². The second-order valence-electron chi connectivity index (χ2n) is 12.8. The van der Waals surface area contributed by atoms with Crippen LogP contribution in [0.4, 0.5) is 11.4 Å². The van der Waals surface area contributed by atoms with Gasteiger partial charge in [-0.2, -0.15) is 9.84 Å². The van der Waals surface area contributed by atoms with Gasteiger partial charge in [-0.25, -0.2) is 0 Å². The Morgan fingerprint density at radius 2 is 1.42 bits per heavy atom. The molecular formula is C38H36N3O4+. The van der Waals surface area contributed by atoms with E-state index in [2.05, 4.69) is 70.2 Å². The van der Waals surface area contributed by atoms with Gasteiger partial charge in [0.1, 0.15) is 6.42 Å². The van der Waals surface area contributed by atoms with Crippen LogP contribution in [0.15, 0.2) is 96.2 Å². The van der Waals surface area contributed by atoms with Gasteiger partial charge in [0.05, 0.1) is 23.5 Å². The third-order valence-electron chi connectivity index (χ3n) is 9.32. The van der Waals surface area contributed by atoms with Crippen LogP contribution in [0.25, 0.3) is 21.5 Å². The number of anilines is 1. The minimum Gasteiger partial charge on any atom is -0.481 e. The quantitative estimate of drug-likeness (QED) is 0.161. The summed E-state index contributed by atoms with van der Waals surface area (Å²) in [7, 11) is 0. The monoisotopic (exact) mass is 598 g/mol. The number of fused-ring (bicyclic) bond motifs is 6. The standard InChI is InChI=1S/C38H35N3O4/c1-37(2)31(40(19-17-33(42)43)29-15-13-25-9-5-7-11-27(25)35(29)37)21-24(23-39)22-32-38(3,4)36-28-12-8-6-10-26(28)14-16-30(36)41(32)20-18-34(44)45/h5-16,21-22H,17-20H2,1-4H3,(H-,42,43,44,45)/p+1. The molecule has 0 fully saturated rings. The van der Waals surface area contributed by atoms with E-state index in [4.69, 9.17) is 0 Å². The molecule has 2 aliphatic rings. The number of carbonyl (C=O) groups is 2. The molecule has 0 spiro atoms. The highest BCUT2D eigenvalue weighted by atomic mass is 16.4. The molecule has 0 aliphatic carbocycles. The van der Waals surface area contributed by atoms with Crippen LogP contribution in [0.3, 0.4) is 0 Å². The van der Waals surface area contributed by atoms with Crippen LogP contribution >= 0.6 is 0 Å². The highest BCUT2D eigenvalue weighted by molar-refractivity contribution is 6.08. The van der Waals surface area contributed by atoms with E-state index in [-0.39, 0.29) is 25.9 Å². The molecule has 0 bridgehead atoms. The molecule has 0 aromatic heterocycles. The van der Waals surface area contributed by atoms with Gasteiger partial charge in [0.2, 0.25) is 5.69 Å². The first-order chi connectivity index (χ1) is 21.4. The lowest BCUT2D eigenvalue weighted by molar-refractivity contribution is -0.436. The van der Waals surface area contributed by atoms with Crippen LogP contribution < -0.4 is 4.90 Å². The number of carboxylic acids is 2. The molecule has 4 aromatic rings. The minimum atomic E-state index is -0.889. The summed E-state index contributed by atoms with van der Waals surface area (Å²) in [5.74, 6) is -1.78. The number of hydrogen-bond acceptors (Lipinski definition) is 4. The molecule has 226 valence electrons. The Kier molecular flexibility index (Phi) is 7.33. The fourth-order valence-corrected chi connectivity index (χ4v) is 7.29. The van der Waals surface area contributed by atoms with Gasteiger partial charge in [0.15, 0.2) is 12.3 Å². The molecule has 2 aliphatic heterocycles. The second-order valence-corrected chi connectivity index (χ2v) is 12.8. The van der Waals surface area contributed by atoms with Crippen molar-refractivity contribution in [3.63, 3.8) is 0 Å². The van der Waals surface area contributed by atoms with E-state index in [0.29, 0.717) is 5.57 Å². The molecule has 0 saturated heterocycles. The van der Waals surface area contributed by atoms with Crippen molar-refractivity contribution in [2.45, 2.75) is 51.4 Å². The molecule has 0 atom stereocenters. The zero-order valence-corrected chi connectivity index (χ0v) is 26.0. The molecule has 4 aromatic carbocycles. The summed E-state index contributed by atoms with van der Waals surface area (Å²) < 4.78 is 2.04. The number of nitriles is 1. The van der Waals surface area contributed by atoms with E-state index in [1.54, 1.807) is 0 Å². The van der Waals surface area contributed by atoms with Gasteiger partial charge >= 0.3 is 11.9 Å². The Morgan fingerprint density at radius 1 is 0.822 bits per heavy atom. The first-order valence-electron chi connectivity index (χ1n) is 15.2. The first-order valence-corrected chi connectivity index (χ1v) is 15.2. The number of carboxylic acid groups (broad SMARTS) is 2. The van der Waals surface area contributed by atoms with Crippen molar-refractivity contribution in [3.8, 4) is 6.07 Å². The summed E-state index contributed by atoms with van der Waals surface area (Å²) in [5.41, 5.74) is 5.15. The van der Waals surface area contributed by atoms with E-state index in [0.717, 1.165) is 55.5 Å². The molecule has 0 radical (unpaired) electrons. The smallest absolute Gasteiger partial charge is 0.309 e. The maximum atomic E-state index is 11.7. The van der Waals surface area contributed by atoms with Crippen LogP contribution in [-0.4, -0.2) is 45.5 Å². The highest BCUT2D eigenvalue weighted by Crippen LogP contribution is 2.51. The lowest BCUT2D eigenvalue weighted by Crippen LogP contribution is -2.30. The van der Waals surface area contributed by atoms with Gasteiger partial charge in [0, 0.05) is 41.1 Å². The SMILES string of the molecule is CC1(C)C(/C=C(C#N)/C=C2\N(CCC(=O)O)c3ccc4ccccc4c3C2(C)C)=[N+](CCC(=O)O)c2ccc3ccccc3c21. The van der Waals surface area contributed by atoms with E-state index in [9.17, 15) is 25.1 Å². The molecule has 45 heavy (non-hydrogen) atoms. The fraction of sp³-hybridized carbons (Fsp3) is 0.263. The maximum Gasteiger partial charge on any atom is 0.309 e. The Hall–Kier alpha value is -5.22. The Labute approximate surface area is 262 Å². The Bertz CT molecular complexity index is 2040. The van der Waals surface area contributed by atoms with Crippen LogP contribution in [0.5, 0.6) is 0 Å². The normalized spacial score (nSPS) is 17.5. The van der Waals surface area contributed by atoms with Gasteiger partial charge in [-0.05, 0) is 59.2 Å². The Balaban J connectivity index is 1.54. The van der Waals surface area contributed by atoms with Crippen molar-refractivity contribution < 1.29 is 24.4 Å². The lowest BCUT2D eigenvalue weighted by Gasteiger charge is -2.27. The number of benzene rings is 4. The minimum absolute atomic E-state index is 0.0545. The molecule has 0 amide bonds. The zero-order chi connectivity index (χ0) is 32.1. The maximum absolute atomic E-state index is 11.7. The summed E-state index contributed by atoms with van der Waals surface area (Å²) in [6.45, 7) is 9.00. The van der Waals surface area contributed by atoms with Gasteiger partial charge in [0.25, 0.3) is 0 Å². The number of rotatable bonds is 8. The summed E-state index contributed by atoms with van der Waals surface area (Å²) in [5, 5.41) is 34.2. The summed E-state index contributed by atoms with van der Waals surface area (Å²) in [4.78, 5) is 25.5. The second kappa shape index (κ2) is 11.0. The summed E-state index contributed by atoms with van der Waals surface area (Å²) in [6, 6.07) is 27.0. The average molecular weight is 599 g/mol. The topological polar surface area (TPSA) is 105 Å². The molecule has 2 heterocycles. The van der Waals surface area contributed by atoms with Gasteiger partial charge in [-0.3, -0.25) is 9.59 Å². The van der Waals surface area contributed by atoms with Crippen molar-refractivity contribution in [2.24, 2.45) is 0 Å². The van der Waals surface area contributed by atoms with Crippen LogP contribution in [0, 0.1) is 11.3 Å². The average Bonchev–Trinajstić information content (AvgIpc) is 3.36. The highest BCUT2D eigenvalue weighted by Gasteiger charge is 2.46. The zero-order valence-electron chi connectivity index (χ0n) is 26.0. The number of aliphatic carboxylic acids is 2. The predicted molar refractivity (Wildman–Crippen MR) is 177 cm³/mol. The number of hydrogen-bond donors (Lipinski definition) is 2.